The zero-order chi connectivity index (χ0) is 20.6. The van der Waals surface area contributed by atoms with Gasteiger partial charge in [0.2, 0.25) is 0 Å². The maximum atomic E-state index is 11.2. The van der Waals surface area contributed by atoms with Crippen LogP contribution in [0.4, 0.5) is 0 Å². The lowest BCUT2D eigenvalue weighted by molar-refractivity contribution is -0.143. The minimum Gasteiger partial charge on any atom is -0.497 e. The summed E-state index contributed by atoms with van der Waals surface area (Å²) in [4.78, 5) is 19.1. The third kappa shape index (κ3) is 5.57. The average Bonchev–Trinajstić information content (AvgIpc) is 2.75. The third-order valence-electron chi connectivity index (χ3n) is 5.25. The van der Waals surface area contributed by atoms with Crippen molar-refractivity contribution in [2.75, 3.05) is 33.4 Å². The topological polar surface area (TPSA) is 71.4 Å². The number of piperidine rings is 1. The van der Waals surface area contributed by atoms with Gasteiger partial charge in [-0.15, -0.1) is 0 Å². The van der Waals surface area contributed by atoms with E-state index in [0.717, 1.165) is 47.5 Å². The Kier molecular flexibility index (Phi) is 7.25. The lowest BCUT2D eigenvalue weighted by Crippen LogP contribution is -2.40. The predicted molar refractivity (Wildman–Crippen MR) is 113 cm³/mol. The van der Waals surface area contributed by atoms with Gasteiger partial charge in [-0.1, -0.05) is 41.6 Å². The van der Waals surface area contributed by atoms with E-state index in [1.165, 1.54) is 0 Å². The zero-order valence-corrected chi connectivity index (χ0v) is 17.0. The Balaban J connectivity index is 1.72. The number of ether oxygens (including phenoxy) is 1. The number of methoxy groups -OCH3 is 1. The van der Waals surface area contributed by atoms with Crippen molar-refractivity contribution in [3.05, 3.63) is 65.2 Å². The van der Waals surface area contributed by atoms with Gasteiger partial charge >= 0.3 is 5.97 Å². The molecule has 1 saturated heterocycles. The summed E-state index contributed by atoms with van der Waals surface area (Å²) in [5, 5.41) is 13.7. The molecule has 0 spiro atoms. The number of oxime groups is 1. The Labute approximate surface area is 171 Å². The van der Waals surface area contributed by atoms with Crippen molar-refractivity contribution < 1.29 is 19.5 Å². The molecule has 0 amide bonds. The largest absolute Gasteiger partial charge is 0.497 e. The molecule has 0 saturated carbocycles. The number of benzene rings is 2. The van der Waals surface area contributed by atoms with Crippen LogP contribution < -0.4 is 4.74 Å². The summed E-state index contributed by atoms with van der Waals surface area (Å²) in [5.74, 6) is -0.239. The van der Waals surface area contributed by atoms with Crippen LogP contribution in [0, 0.1) is 12.8 Å². The van der Waals surface area contributed by atoms with Crippen molar-refractivity contribution in [3.63, 3.8) is 0 Å². The molecule has 0 aliphatic carbocycles. The maximum absolute atomic E-state index is 11.2. The molecule has 1 N–H and O–H groups in total. The van der Waals surface area contributed by atoms with Crippen molar-refractivity contribution in [3.8, 4) is 5.75 Å². The van der Waals surface area contributed by atoms with Gasteiger partial charge in [0.1, 0.15) is 18.1 Å². The first-order valence-electron chi connectivity index (χ1n) is 9.94. The summed E-state index contributed by atoms with van der Waals surface area (Å²) in [6.07, 6.45) is 1.65. The fourth-order valence-electron chi connectivity index (χ4n) is 3.61. The molecule has 3 rings (SSSR count). The van der Waals surface area contributed by atoms with Crippen molar-refractivity contribution >= 4 is 11.7 Å². The number of hydrogen-bond acceptors (Lipinski definition) is 5. The molecule has 0 bridgehead atoms. The second-order valence-electron chi connectivity index (χ2n) is 7.30. The van der Waals surface area contributed by atoms with Crippen LogP contribution in [0.5, 0.6) is 5.75 Å². The van der Waals surface area contributed by atoms with Gasteiger partial charge < -0.3 is 14.7 Å². The molecule has 2 aromatic carbocycles. The summed E-state index contributed by atoms with van der Waals surface area (Å²) in [6, 6.07) is 15.8. The van der Waals surface area contributed by atoms with Gasteiger partial charge in [-0.2, -0.15) is 0 Å². The first kappa shape index (κ1) is 20.9. The highest BCUT2D eigenvalue weighted by molar-refractivity contribution is 6.13. The van der Waals surface area contributed by atoms with Crippen molar-refractivity contribution in [1.29, 1.82) is 0 Å². The molecule has 154 valence electrons. The van der Waals surface area contributed by atoms with Crippen molar-refractivity contribution in [2.45, 2.75) is 19.8 Å². The lowest BCUT2D eigenvalue weighted by atomic mass is 9.98. The predicted octanol–water partition coefficient (Wildman–Crippen LogP) is 3.57. The van der Waals surface area contributed by atoms with Crippen LogP contribution in [0.2, 0.25) is 0 Å². The second-order valence-corrected chi connectivity index (χ2v) is 7.30. The van der Waals surface area contributed by atoms with E-state index in [4.69, 9.17) is 9.57 Å². The molecule has 6 heteroatoms. The molecule has 1 aliphatic rings. The third-order valence-corrected chi connectivity index (χ3v) is 5.25. The standard InChI is InChI=1S/C23H28N2O4/c1-17-7-3-4-11-21(17)22(18-8-5-10-20(15-18)28-2)24-29-14-13-25-12-6-9-19(16-25)23(26)27/h3-5,7-8,10-11,15,19H,6,9,12-14,16H2,1-2H3,(H,26,27). The molecule has 0 aromatic heterocycles. The van der Waals surface area contributed by atoms with Gasteiger partial charge in [0.05, 0.1) is 13.0 Å². The minimum atomic E-state index is -0.714. The van der Waals surface area contributed by atoms with Gasteiger partial charge in [-0.25, -0.2) is 0 Å². The lowest BCUT2D eigenvalue weighted by Gasteiger charge is -2.30. The Morgan fingerprint density at radius 1 is 1.24 bits per heavy atom. The molecule has 1 aliphatic heterocycles. The molecule has 29 heavy (non-hydrogen) atoms. The average molecular weight is 396 g/mol. The summed E-state index contributed by atoms with van der Waals surface area (Å²) in [7, 11) is 1.64. The van der Waals surface area contributed by atoms with Gasteiger partial charge in [0.15, 0.2) is 0 Å². The van der Waals surface area contributed by atoms with Gasteiger partial charge in [-0.05, 0) is 44.0 Å². The molecular weight excluding hydrogens is 368 g/mol. The summed E-state index contributed by atoms with van der Waals surface area (Å²) in [6.45, 7) is 4.59. The highest BCUT2D eigenvalue weighted by Crippen LogP contribution is 2.20. The van der Waals surface area contributed by atoms with E-state index in [1.54, 1.807) is 7.11 Å². The Morgan fingerprint density at radius 3 is 2.83 bits per heavy atom. The Morgan fingerprint density at radius 2 is 2.07 bits per heavy atom. The summed E-state index contributed by atoms with van der Waals surface area (Å²) < 4.78 is 5.36. The molecule has 6 nitrogen and oxygen atoms in total. The zero-order valence-electron chi connectivity index (χ0n) is 17.0. The number of rotatable bonds is 8. The summed E-state index contributed by atoms with van der Waals surface area (Å²) >= 11 is 0. The molecule has 1 heterocycles. The van der Waals surface area contributed by atoms with Gasteiger partial charge in [0.25, 0.3) is 0 Å². The number of carbonyl (C=O) groups is 1. The maximum Gasteiger partial charge on any atom is 0.307 e. The number of nitrogens with zero attached hydrogens (tertiary/aromatic N) is 2. The van der Waals surface area contributed by atoms with Crippen LogP contribution in [-0.4, -0.2) is 55.0 Å². The quantitative estimate of drug-likeness (QED) is 0.420. The van der Waals surface area contributed by atoms with Crippen LogP contribution in [0.1, 0.15) is 29.5 Å². The molecule has 0 radical (unpaired) electrons. The van der Waals surface area contributed by atoms with E-state index in [-0.39, 0.29) is 5.92 Å². The molecule has 1 unspecified atom stereocenters. The van der Waals surface area contributed by atoms with E-state index in [9.17, 15) is 9.90 Å². The molecular formula is C23H28N2O4. The van der Waals surface area contributed by atoms with Crippen LogP contribution in [0.15, 0.2) is 53.7 Å². The number of aryl methyl sites for hydroxylation is 1. The Bertz CT molecular complexity index is 865. The van der Waals surface area contributed by atoms with Gasteiger partial charge in [-0.3, -0.25) is 9.69 Å². The highest BCUT2D eigenvalue weighted by atomic mass is 16.6. The van der Waals surface area contributed by atoms with E-state index < -0.39 is 5.97 Å². The van der Waals surface area contributed by atoms with Crippen LogP contribution in [0.3, 0.4) is 0 Å². The number of likely N-dealkylation sites (tertiary alicyclic amines) is 1. The van der Waals surface area contributed by atoms with E-state index in [1.807, 2.05) is 55.5 Å². The number of aliphatic carboxylic acids is 1. The SMILES string of the molecule is COc1cccc(C(=NOCCN2CCCC(C(=O)O)C2)c2ccccc2C)c1. The normalized spacial score (nSPS) is 17.7. The van der Waals surface area contributed by atoms with Crippen molar-refractivity contribution in [1.82, 2.24) is 4.90 Å². The summed E-state index contributed by atoms with van der Waals surface area (Å²) in [5.41, 5.74) is 3.79. The first-order chi connectivity index (χ1) is 14.1. The first-order valence-corrected chi connectivity index (χ1v) is 9.94. The smallest absolute Gasteiger partial charge is 0.307 e. The monoisotopic (exact) mass is 396 g/mol. The molecule has 1 atom stereocenters. The van der Waals surface area contributed by atoms with Crippen LogP contribution in [0.25, 0.3) is 0 Å². The Hall–Kier alpha value is -2.86. The second kappa shape index (κ2) is 10.1. The molecule has 2 aromatic rings. The van der Waals surface area contributed by atoms with Crippen molar-refractivity contribution in [2.24, 2.45) is 11.1 Å². The van der Waals surface area contributed by atoms with Gasteiger partial charge in [0, 0.05) is 24.2 Å². The number of carboxylic acids is 1. The number of carboxylic acid groups (broad SMARTS) is 1. The van der Waals surface area contributed by atoms with Crippen LogP contribution in [-0.2, 0) is 9.63 Å². The fraction of sp³-hybridized carbons (Fsp3) is 0.391. The minimum absolute atomic E-state index is 0.286. The van der Waals surface area contributed by atoms with E-state index >= 15 is 0 Å². The fourth-order valence-corrected chi connectivity index (χ4v) is 3.61. The molecule has 1 fully saturated rings. The van der Waals surface area contributed by atoms with Crippen LogP contribution >= 0.6 is 0 Å². The van der Waals surface area contributed by atoms with E-state index in [2.05, 4.69) is 10.1 Å². The number of hydrogen-bond donors (Lipinski definition) is 1. The highest BCUT2D eigenvalue weighted by Gasteiger charge is 2.25. The van der Waals surface area contributed by atoms with E-state index in [0.29, 0.717) is 19.7 Å².